The molecule has 0 bridgehead atoms. The van der Waals surface area contributed by atoms with E-state index in [1.807, 2.05) is 0 Å². The van der Waals surface area contributed by atoms with Gasteiger partial charge in [0.05, 0.1) is 28.7 Å². The average Bonchev–Trinajstić information content (AvgIpc) is 2.72. The topological polar surface area (TPSA) is 92.8 Å². The van der Waals surface area contributed by atoms with E-state index in [4.69, 9.17) is 6.42 Å². The third-order valence-corrected chi connectivity index (χ3v) is 4.46. The second-order valence-electron chi connectivity index (χ2n) is 6.33. The predicted octanol–water partition coefficient (Wildman–Crippen LogP) is 3.54. The number of Topliss-reactive ketones (excluding diaryl/α,β-unsaturated/α-hetero) is 2. The average molecular weight is 451 g/mol. The van der Waals surface area contributed by atoms with Crippen LogP contribution in [0.5, 0.6) is 0 Å². The van der Waals surface area contributed by atoms with Gasteiger partial charge < -0.3 is 0 Å². The van der Waals surface area contributed by atoms with Crippen molar-refractivity contribution in [1.82, 2.24) is 9.55 Å². The number of carbonyl (C=O) groups excluding carboxylic acids is 2. The fourth-order valence-electron chi connectivity index (χ4n) is 3.25. The number of ketones is 2. The smallest absolute Gasteiger partial charge is 0.295 e. The van der Waals surface area contributed by atoms with Gasteiger partial charge in [-0.15, -0.1) is 6.42 Å². The number of halogens is 6. The van der Waals surface area contributed by atoms with Crippen molar-refractivity contribution in [2.24, 2.45) is 0 Å². The lowest BCUT2D eigenvalue weighted by Gasteiger charge is -2.18. The van der Waals surface area contributed by atoms with Gasteiger partial charge in [0.2, 0.25) is 0 Å². The Kier molecular flexibility index (Phi) is 5.27. The molecule has 0 N–H and O–H groups in total. The quantitative estimate of drug-likeness (QED) is 0.263. The Labute approximate surface area is 173 Å². The maximum Gasteiger partial charge on any atom is 0.454 e. The van der Waals surface area contributed by atoms with Gasteiger partial charge in [-0.25, -0.2) is 0 Å². The Balaban J connectivity index is 2.74. The molecule has 0 saturated carbocycles. The predicted molar refractivity (Wildman–Crippen MR) is 97.8 cm³/mol. The third kappa shape index (κ3) is 3.46. The zero-order valence-electron chi connectivity index (χ0n) is 15.4. The minimum absolute atomic E-state index is 0.342. The van der Waals surface area contributed by atoms with E-state index in [-0.39, 0.29) is 5.39 Å². The van der Waals surface area contributed by atoms with Crippen molar-refractivity contribution < 1.29 is 35.9 Å². The maximum absolute atomic E-state index is 13.3. The molecule has 1 aromatic carbocycles. The lowest BCUT2D eigenvalue weighted by molar-refractivity contribution is -0.0888. The van der Waals surface area contributed by atoms with Crippen LogP contribution in [0.15, 0.2) is 29.2 Å². The van der Waals surface area contributed by atoms with Gasteiger partial charge >= 0.3 is 12.4 Å². The van der Waals surface area contributed by atoms with E-state index in [0.29, 0.717) is 10.6 Å². The number of rotatable bonds is 3. The van der Waals surface area contributed by atoms with Crippen molar-refractivity contribution in [3.05, 3.63) is 51.4 Å². The van der Waals surface area contributed by atoms with Crippen molar-refractivity contribution in [1.29, 1.82) is 5.26 Å². The van der Waals surface area contributed by atoms with Crippen LogP contribution in [0.25, 0.3) is 21.8 Å². The van der Waals surface area contributed by atoms with Crippen LogP contribution in [-0.2, 0) is 6.54 Å². The van der Waals surface area contributed by atoms with Gasteiger partial charge in [-0.1, -0.05) is 5.92 Å². The zero-order chi connectivity index (χ0) is 24.0. The molecule has 0 aliphatic heterocycles. The summed E-state index contributed by atoms with van der Waals surface area (Å²) in [5, 5.41) is 8.08. The molecular weight excluding hydrogens is 444 g/mol. The summed E-state index contributed by atoms with van der Waals surface area (Å²) in [5.41, 5.74) is -6.32. The van der Waals surface area contributed by atoms with Crippen LogP contribution in [0.1, 0.15) is 26.3 Å². The summed E-state index contributed by atoms with van der Waals surface area (Å²) in [6.45, 7) is -0.596. The van der Waals surface area contributed by atoms with Gasteiger partial charge in [-0.05, 0) is 18.2 Å². The minimum atomic E-state index is -5.58. The van der Waals surface area contributed by atoms with Gasteiger partial charge in [0.15, 0.2) is 0 Å². The van der Waals surface area contributed by atoms with E-state index in [2.05, 4.69) is 10.9 Å². The fraction of sp³-hybridized carbons (Fsp3) is 0.150. The highest BCUT2D eigenvalue weighted by molar-refractivity contribution is 6.21. The number of fused-ring (bicyclic) bond motifs is 3. The van der Waals surface area contributed by atoms with E-state index >= 15 is 0 Å². The molecule has 0 spiro atoms. The molecule has 6 nitrogen and oxygen atoms in total. The molecule has 0 aliphatic rings. The minimum Gasteiger partial charge on any atom is -0.295 e. The highest BCUT2D eigenvalue weighted by Gasteiger charge is 2.44. The molecule has 0 radical (unpaired) electrons. The van der Waals surface area contributed by atoms with Crippen molar-refractivity contribution in [3.63, 3.8) is 0 Å². The van der Waals surface area contributed by atoms with Crippen LogP contribution in [0.3, 0.4) is 0 Å². The summed E-state index contributed by atoms with van der Waals surface area (Å²) >= 11 is 0. The molecule has 2 aromatic heterocycles. The largest absolute Gasteiger partial charge is 0.454 e. The monoisotopic (exact) mass is 451 g/mol. The van der Waals surface area contributed by atoms with E-state index in [1.54, 1.807) is 0 Å². The van der Waals surface area contributed by atoms with E-state index in [1.165, 1.54) is 12.1 Å². The van der Waals surface area contributed by atoms with E-state index < -0.39 is 69.1 Å². The van der Waals surface area contributed by atoms with Crippen LogP contribution in [0.2, 0.25) is 0 Å². The highest BCUT2D eigenvalue weighted by Crippen LogP contribution is 2.35. The van der Waals surface area contributed by atoms with Crippen LogP contribution >= 0.6 is 0 Å². The standard InChI is InChI=1S/C20H7F6N3O3/c1-2-6-29-15-9-4-3-5-28-14(9)11(16(30)19(21,22)23)7-10(15)13(12(8-27)18(29)32)17(31)20(24,25)26/h1,3-5,7H,6H2. The molecule has 12 heteroatoms. The lowest BCUT2D eigenvalue weighted by atomic mass is 9.93. The van der Waals surface area contributed by atoms with Gasteiger partial charge in [-0.2, -0.15) is 31.6 Å². The van der Waals surface area contributed by atoms with Crippen molar-refractivity contribution in [2.45, 2.75) is 18.9 Å². The van der Waals surface area contributed by atoms with E-state index in [9.17, 15) is 46.0 Å². The number of pyridine rings is 2. The summed E-state index contributed by atoms with van der Waals surface area (Å²) in [4.78, 5) is 40.5. The van der Waals surface area contributed by atoms with Gasteiger partial charge in [0, 0.05) is 17.0 Å². The number of terminal acetylenes is 1. The molecule has 162 valence electrons. The van der Waals surface area contributed by atoms with Gasteiger partial charge in [-0.3, -0.25) is 23.9 Å². The first kappa shape index (κ1) is 22.5. The van der Waals surface area contributed by atoms with Crippen LogP contribution < -0.4 is 5.56 Å². The molecule has 3 rings (SSSR count). The Hall–Kier alpha value is -4.19. The number of hydrogen-bond acceptors (Lipinski definition) is 5. The van der Waals surface area contributed by atoms with Crippen molar-refractivity contribution in [2.75, 3.05) is 0 Å². The third-order valence-electron chi connectivity index (χ3n) is 4.46. The first-order valence-corrected chi connectivity index (χ1v) is 8.39. The molecule has 0 atom stereocenters. The van der Waals surface area contributed by atoms with Crippen molar-refractivity contribution in [3.8, 4) is 18.4 Å². The summed E-state index contributed by atoms with van der Waals surface area (Å²) in [6, 6.07) is 3.84. The highest BCUT2D eigenvalue weighted by atomic mass is 19.4. The lowest BCUT2D eigenvalue weighted by Crippen LogP contribution is -2.31. The number of aromatic nitrogens is 2. The Morgan fingerprint density at radius 1 is 1.09 bits per heavy atom. The SMILES string of the molecule is C#CCn1c(=O)c(C#N)c(C(=O)C(F)(F)F)c2cc(C(=O)C(F)(F)F)c3ncccc3c21. The first-order chi connectivity index (χ1) is 14.8. The number of nitriles is 1. The molecule has 0 saturated heterocycles. The van der Waals surface area contributed by atoms with Crippen LogP contribution in [0.4, 0.5) is 26.3 Å². The maximum atomic E-state index is 13.3. The Morgan fingerprint density at radius 2 is 1.72 bits per heavy atom. The number of alkyl halides is 6. The zero-order valence-corrected chi connectivity index (χ0v) is 15.4. The summed E-state index contributed by atoms with van der Waals surface area (Å²) in [5.74, 6) is -3.03. The molecule has 0 aliphatic carbocycles. The summed E-state index contributed by atoms with van der Waals surface area (Å²) in [7, 11) is 0. The second-order valence-corrected chi connectivity index (χ2v) is 6.33. The Morgan fingerprint density at radius 3 is 2.25 bits per heavy atom. The summed E-state index contributed by atoms with van der Waals surface area (Å²) in [6.07, 6.45) is -4.79. The number of benzene rings is 1. The molecule has 0 unspecified atom stereocenters. The van der Waals surface area contributed by atoms with Crippen molar-refractivity contribution >= 4 is 33.4 Å². The first-order valence-electron chi connectivity index (χ1n) is 8.39. The Bertz CT molecular complexity index is 1450. The molecular formula is C20H7F6N3O3. The number of hydrogen-bond donors (Lipinski definition) is 0. The number of carbonyl (C=O) groups is 2. The second kappa shape index (κ2) is 7.50. The molecule has 32 heavy (non-hydrogen) atoms. The molecule has 2 heterocycles. The fourth-order valence-corrected chi connectivity index (χ4v) is 3.25. The summed E-state index contributed by atoms with van der Waals surface area (Å²) < 4.78 is 79.9. The van der Waals surface area contributed by atoms with E-state index in [0.717, 1.165) is 12.3 Å². The molecule has 0 fully saturated rings. The van der Waals surface area contributed by atoms with Gasteiger partial charge in [0.1, 0.15) is 11.6 Å². The molecule has 0 amide bonds. The number of nitrogens with zero attached hydrogens (tertiary/aromatic N) is 3. The van der Waals surface area contributed by atoms with Gasteiger partial charge in [0.25, 0.3) is 17.1 Å². The molecule has 3 aromatic rings. The van der Waals surface area contributed by atoms with Crippen LogP contribution in [-0.4, -0.2) is 33.5 Å². The normalized spacial score (nSPS) is 11.9. The van der Waals surface area contributed by atoms with Crippen LogP contribution in [0, 0.1) is 23.7 Å².